The van der Waals surface area contributed by atoms with Gasteiger partial charge in [0, 0.05) is 64.5 Å². The number of likely N-dealkylation sites (N-methyl/N-ethyl adjacent to an activating group) is 2. The van der Waals surface area contributed by atoms with Gasteiger partial charge < -0.3 is 20.4 Å². The minimum atomic E-state index is 0.226. The van der Waals surface area contributed by atoms with Crippen LogP contribution in [0.15, 0.2) is 29.3 Å². The van der Waals surface area contributed by atoms with Crippen molar-refractivity contribution in [2.24, 2.45) is 4.99 Å². The molecule has 7 heteroatoms. The number of benzene rings is 1. The van der Waals surface area contributed by atoms with Gasteiger partial charge in [-0.05, 0) is 38.2 Å². The van der Waals surface area contributed by atoms with Crippen LogP contribution in [0.3, 0.4) is 0 Å². The topological polar surface area (TPSA) is 63.2 Å². The summed E-state index contributed by atoms with van der Waals surface area (Å²) in [6.45, 7) is 5.69. The highest BCUT2D eigenvalue weighted by atomic mass is 16.2. The molecule has 2 aliphatic rings. The minimum Gasteiger partial charge on any atom is -0.355 e. The molecule has 1 amide bonds. The van der Waals surface area contributed by atoms with E-state index >= 15 is 0 Å². The van der Waals surface area contributed by atoms with E-state index in [2.05, 4.69) is 51.7 Å². The summed E-state index contributed by atoms with van der Waals surface area (Å²) in [5, 5.41) is 6.82. The molecule has 3 rings (SSSR count). The van der Waals surface area contributed by atoms with Crippen LogP contribution in [0.2, 0.25) is 0 Å². The van der Waals surface area contributed by atoms with Crippen LogP contribution in [0.5, 0.6) is 0 Å². The highest BCUT2D eigenvalue weighted by Gasteiger charge is 2.22. The molecule has 1 atom stereocenters. The highest BCUT2D eigenvalue weighted by Crippen LogP contribution is 2.21. The number of amides is 1. The van der Waals surface area contributed by atoms with Crippen molar-refractivity contribution >= 4 is 17.6 Å². The molecule has 1 unspecified atom stereocenters. The normalized spacial score (nSPS) is 22.3. The third kappa shape index (κ3) is 5.20. The first-order chi connectivity index (χ1) is 13.1. The Kier molecular flexibility index (Phi) is 6.68. The molecular formula is C20H32N6O. The van der Waals surface area contributed by atoms with Gasteiger partial charge in [-0.25, -0.2) is 0 Å². The Morgan fingerprint density at radius 1 is 1.15 bits per heavy atom. The second-order valence-electron chi connectivity index (χ2n) is 7.52. The Bertz CT molecular complexity index is 659. The third-order valence-electron chi connectivity index (χ3n) is 5.49. The number of guanidine groups is 1. The van der Waals surface area contributed by atoms with Crippen molar-refractivity contribution in [2.45, 2.75) is 25.4 Å². The second kappa shape index (κ2) is 9.19. The molecule has 0 bridgehead atoms. The SMILES string of the molecule is CN=C(NCc1ccc(N2CCCC2=O)cc1)NCC1CN(C)CCN1C. The zero-order chi connectivity index (χ0) is 19.2. The molecule has 2 aliphatic heterocycles. The van der Waals surface area contributed by atoms with Gasteiger partial charge in [0.25, 0.3) is 0 Å². The van der Waals surface area contributed by atoms with Gasteiger partial charge in [-0.15, -0.1) is 0 Å². The lowest BCUT2D eigenvalue weighted by Gasteiger charge is -2.37. The fraction of sp³-hybridized carbons (Fsp3) is 0.600. The van der Waals surface area contributed by atoms with E-state index < -0.39 is 0 Å². The van der Waals surface area contributed by atoms with Crippen LogP contribution in [0.1, 0.15) is 18.4 Å². The van der Waals surface area contributed by atoms with E-state index in [1.54, 1.807) is 7.05 Å². The molecule has 0 aliphatic carbocycles. The summed E-state index contributed by atoms with van der Waals surface area (Å²) < 4.78 is 0. The van der Waals surface area contributed by atoms with Crippen LogP contribution < -0.4 is 15.5 Å². The standard InChI is InChI=1S/C20H32N6O/c1-21-20(23-14-18-15-24(2)11-12-25(18)3)22-13-16-6-8-17(9-7-16)26-10-4-5-19(26)27/h6-9,18H,4-5,10-15H2,1-3H3,(H2,21,22,23). The molecule has 0 radical (unpaired) electrons. The number of carbonyl (C=O) groups excluding carboxylic acids is 1. The van der Waals surface area contributed by atoms with Crippen molar-refractivity contribution in [3.8, 4) is 0 Å². The molecule has 1 aromatic carbocycles. The number of aliphatic imine (C=N–C) groups is 1. The zero-order valence-electron chi connectivity index (χ0n) is 16.7. The molecule has 2 fully saturated rings. The molecule has 1 aromatic rings. The summed E-state index contributed by atoms with van der Waals surface area (Å²) in [5.41, 5.74) is 2.16. The number of hydrogen-bond acceptors (Lipinski definition) is 4. The van der Waals surface area contributed by atoms with Crippen molar-refractivity contribution in [3.63, 3.8) is 0 Å². The Hall–Kier alpha value is -2.12. The summed E-state index contributed by atoms with van der Waals surface area (Å²) >= 11 is 0. The maximum absolute atomic E-state index is 11.8. The van der Waals surface area contributed by atoms with Crippen LogP contribution in [0.25, 0.3) is 0 Å². The zero-order valence-corrected chi connectivity index (χ0v) is 16.7. The number of rotatable bonds is 5. The summed E-state index contributed by atoms with van der Waals surface area (Å²) in [4.78, 5) is 22.8. The van der Waals surface area contributed by atoms with E-state index in [-0.39, 0.29) is 5.91 Å². The predicted molar refractivity (Wildman–Crippen MR) is 110 cm³/mol. The van der Waals surface area contributed by atoms with Gasteiger partial charge in [0.1, 0.15) is 0 Å². The van der Waals surface area contributed by atoms with E-state index in [9.17, 15) is 4.79 Å². The second-order valence-corrected chi connectivity index (χ2v) is 7.52. The number of hydrogen-bond donors (Lipinski definition) is 2. The average molecular weight is 373 g/mol. The van der Waals surface area contributed by atoms with Crippen LogP contribution >= 0.6 is 0 Å². The van der Waals surface area contributed by atoms with Crippen LogP contribution in [0.4, 0.5) is 5.69 Å². The lowest BCUT2D eigenvalue weighted by molar-refractivity contribution is -0.117. The van der Waals surface area contributed by atoms with Crippen LogP contribution in [0, 0.1) is 0 Å². The fourth-order valence-corrected chi connectivity index (χ4v) is 3.66. The molecule has 7 nitrogen and oxygen atoms in total. The first kappa shape index (κ1) is 19.6. The van der Waals surface area contributed by atoms with Gasteiger partial charge >= 0.3 is 0 Å². The van der Waals surface area contributed by atoms with Gasteiger partial charge in [-0.3, -0.25) is 14.7 Å². The number of anilines is 1. The number of piperazine rings is 1. The first-order valence-electron chi connectivity index (χ1n) is 9.79. The Morgan fingerprint density at radius 3 is 2.59 bits per heavy atom. The van der Waals surface area contributed by atoms with Crippen LogP contribution in [-0.4, -0.2) is 81.6 Å². The maximum atomic E-state index is 11.8. The van der Waals surface area contributed by atoms with Crippen molar-refractivity contribution < 1.29 is 4.79 Å². The quantitative estimate of drug-likeness (QED) is 0.589. The van der Waals surface area contributed by atoms with Gasteiger partial charge in [-0.2, -0.15) is 0 Å². The van der Waals surface area contributed by atoms with Crippen molar-refractivity contribution in [2.75, 3.05) is 58.8 Å². The number of carbonyl (C=O) groups is 1. The fourth-order valence-electron chi connectivity index (χ4n) is 3.66. The first-order valence-corrected chi connectivity index (χ1v) is 9.79. The highest BCUT2D eigenvalue weighted by molar-refractivity contribution is 5.95. The molecule has 0 spiro atoms. The van der Waals surface area contributed by atoms with E-state index in [0.717, 1.165) is 50.8 Å². The number of nitrogens with zero attached hydrogens (tertiary/aromatic N) is 4. The Morgan fingerprint density at radius 2 is 1.93 bits per heavy atom. The summed E-state index contributed by atoms with van der Waals surface area (Å²) in [5.74, 6) is 1.04. The third-order valence-corrected chi connectivity index (χ3v) is 5.49. The van der Waals surface area contributed by atoms with Crippen molar-refractivity contribution in [3.05, 3.63) is 29.8 Å². The summed E-state index contributed by atoms with van der Waals surface area (Å²) in [6, 6.07) is 8.70. The Labute approximate surface area is 162 Å². The maximum Gasteiger partial charge on any atom is 0.227 e. The minimum absolute atomic E-state index is 0.226. The lowest BCUT2D eigenvalue weighted by Crippen LogP contribution is -2.55. The molecule has 2 saturated heterocycles. The van der Waals surface area contributed by atoms with Crippen LogP contribution in [-0.2, 0) is 11.3 Å². The lowest BCUT2D eigenvalue weighted by atomic mass is 10.2. The number of nitrogens with one attached hydrogen (secondary N) is 2. The van der Waals surface area contributed by atoms with Gasteiger partial charge in [0.2, 0.25) is 5.91 Å². The molecule has 0 aromatic heterocycles. The van der Waals surface area contributed by atoms with Gasteiger partial charge in [-0.1, -0.05) is 12.1 Å². The van der Waals surface area contributed by atoms with Crippen molar-refractivity contribution in [1.82, 2.24) is 20.4 Å². The summed E-state index contributed by atoms with van der Waals surface area (Å²) in [6.07, 6.45) is 1.62. The molecule has 27 heavy (non-hydrogen) atoms. The largest absolute Gasteiger partial charge is 0.355 e. The van der Waals surface area contributed by atoms with Gasteiger partial charge in [0.15, 0.2) is 5.96 Å². The molecule has 2 heterocycles. The van der Waals surface area contributed by atoms with Crippen molar-refractivity contribution in [1.29, 1.82) is 0 Å². The molecule has 0 saturated carbocycles. The molecule has 2 N–H and O–H groups in total. The molecular weight excluding hydrogens is 340 g/mol. The van der Waals surface area contributed by atoms with E-state index in [1.807, 2.05) is 17.0 Å². The average Bonchev–Trinajstić information content (AvgIpc) is 3.11. The monoisotopic (exact) mass is 372 g/mol. The predicted octanol–water partition coefficient (Wildman–Crippen LogP) is 0.724. The van der Waals surface area contributed by atoms with Gasteiger partial charge in [0.05, 0.1) is 0 Å². The van der Waals surface area contributed by atoms with E-state index in [0.29, 0.717) is 19.0 Å². The summed E-state index contributed by atoms with van der Waals surface area (Å²) in [7, 11) is 6.16. The molecule has 148 valence electrons. The van der Waals surface area contributed by atoms with E-state index in [4.69, 9.17) is 0 Å². The smallest absolute Gasteiger partial charge is 0.227 e. The Balaban J connectivity index is 1.47. The van der Waals surface area contributed by atoms with E-state index in [1.165, 1.54) is 5.56 Å².